The van der Waals surface area contributed by atoms with Crippen LogP contribution in [-0.2, 0) is 5.75 Å². The molecule has 0 fully saturated rings. The Balaban J connectivity index is 1.44. The predicted molar refractivity (Wildman–Crippen MR) is 122 cm³/mol. The average molecular weight is 426 g/mol. The summed E-state index contributed by atoms with van der Waals surface area (Å²) in [7, 11) is 0. The maximum absolute atomic E-state index is 12.8. The van der Waals surface area contributed by atoms with Gasteiger partial charge in [-0.05, 0) is 54.1 Å². The van der Waals surface area contributed by atoms with Crippen molar-refractivity contribution < 1.29 is 9.59 Å². The van der Waals surface area contributed by atoms with Gasteiger partial charge in [-0.2, -0.15) is 0 Å². The van der Waals surface area contributed by atoms with Crippen molar-refractivity contribution in [3.63, 3.8) is 0 Å². The lowest BCUT2D eigenvalue weighted by Gasteiger charge is -2.10. The summed E-state index contributed by atoms with van der Waals surface area (Å²) in [6.45, 7) is 0. The van der Waals surface area contributed by atoms with Gasteiger partial charge < -0.3 is 5.32 Å². The Kier molecular flexibility index (Phi) is 6.50. The summed E-state index contributed by atoms with van der Waals surface area (Å²) < 4.78 is 0. The molecule has 31 heavy (non-hydrogen) atoms. The number of aromatic nitrogens is 2. The molecule has 0 aliphatic heterocycles. The predicted octanol–water partition coefficient (Wildman–Crippen LogP) is 5.25. The fraction of sp³-hybridized carbons (Fsp3) is 0.0400. The Labute approximate surface area is 184 Å². The third-order valence-electron chi connectivity index (χ3n) is 4.58. The molecule has 0 aliphatic rings. The SMILES string of the molecule is O=C(c1ccccc1)c1ccc(NC(=O)c2cccnc2SCc2ccncc2)cc1. The van der Waals surface area contributed by atoms with Gasteiger partial charge in [0.1, 0.15) is 5.03 Å². The number of nitrogens with zero attached hydrogens (tertiary/aromatic N) is 2. The van der Waals surface area contributed by atoms with Gasteiger partial charge in [-0.3, -0.25) is 14.6 Å². The van der Waals surface area contributed by atoms with E-state index in [0.717, 1.165) is 5.56 Å². The molecule has 1 N–H and O–H groups in total. The first kappa shape index (κ1) is 20.5. The van der Waals surface area contributed by atoms with E-state index in [4.69, 9.17) is 0 Å². The van der Waals surface area contributed by atoms with Crippen LogP contribution in [0.15, 0.2) is 102 Å². The summed E-state index contributed by atoms with van der Waals surface area (Å²) in [5.41, 5.74) is 3.43. The van der Waals surface area contributed by atoms with E-state index in [9.17, 15) is 9.59 Å². The number of carbonyl (C=O) groups is 2. The zero-order valence-electron chi connectivity index (χ0n) is 16.6. The number of thioether (sulfide) groups is 1. The fourth-order valence-corrected chi connectivity index (χ4v) is 3.92. The topological polar surface area (TPSA) is 72.0 Å². The zero-order chi connectivity index (χ0) is 21.5. The third kappa shape index (κ3) is 5.24. The van der Waals surface area contributed by atoms with Crippen LogP contribution in [0, 0.1) is 0 Å². The zero-order valence-corrected chi connectivity index (χ0v) is 17.4. The van der Waals surface area contributed by atoms with Crippen LogP contribution in [0.4, 0.5) is 5.69 Å². The van der Waals surface area contributed by atoms with Crippen molar-refractivity contribution in [3.05, 3.63) is 120 Å². The Morgan fingerprint density at radius 1 is 0.774 bits per heavy atom. The minimum absolute atomic E-state index is 0.0551. The molecule has 0 radical (unpaired) electrons. The fourth-order valence-electron chi connectivity index (χ4n) is 2.97. The van der Waals surface area contributed by atoms with Crippen LogP contribution in [0.1, 0.15) is 31.8 Å². The molecular formula is C25H19N3O2S. The van der Waals surface area contributed by atoms with Crippen molar-refractivity contribution in [1.82, 2.24) is 9.97 Å². The minimum Gasteiger partial charge on any atom is -0.322 e. The molecule has 0 saturated carbocycles. The van der Waals surface area contributed by atoms with Crippen molar-refractivity contribution in [3.8, 4) is 0 Å². The van der Waals surface area contributed by atoms with E-state index in [1.165, 1.54) is 11.8 Å². The number of hydrogen-bond donors (Lipinski definition) is 1. The molecule has 0 spiro atoms. The van der Waals surface area contributed by atoms with E-state index in [0.29, 0.717) is 33.2 Å². The Morgan fingerprint density at radius 2 is 1.48 bits per heavy atom. The second kappa shape index (κ2) is 9.82. The van der Waals surface area contributed by atoms with Gasteiger partial charge >= 0.3 is 0 Å². The normalized spacial score (nSPS) is 10.5. The van der Waals surface area contributed by atoms with Crippen LogP contribution < -0.4 is 5.32 Å². The van der Waals surface area contributed by atoms with Crippen molar-refractivity contribution >= 4 is 29.1 Å². The van der Waals surface area contributed by atoms with Crippen LogP contribution in [0.3, 0.4) is 0 Å². The molecule has 5 nitrogen and oxygen atoms in total. The lowest BCUT2D eigenvalue weighted by Crippen LogP contribution is -2.13. The van der Waals surface area contributed by atoms with Gasteiger partial charge in [0.15, 0.2) is 5.78 Å². The quantitative estimate of drug-likeness (QED) is 0.323. The molecule has 0 unspecified atom stereocenters. The van der Waals surface area contributed by atoms with E-state index < -0.39 is 0 Å². The largest absolute Gasteiger partial charge is 0.322 e. The van der Waals surface area contributed by atoms with Gasteiger partial charge in [0.2, 0.25) is 0 Å². The number of benzene rings is 2. The van der Waals surface area contributed by atoms with Crippen LogP contribution >= 0.6 is 11.8 Å². The van der Waals surface area contributed by atoms with Crippen LogP contribution in [-0.4, -0.2) is 21.7 Å². The summed E-state index contributed by atoms with van der Waals surface area (Å²) >= 11 is 1.50. The van der Waals surface area contributed by atoms with Crippen molar-refractivity contribution in [2.45, 2.75) is 10.8 Å². The van der Waals surface area contributed by atoms with E-state index in [1.807, 2.05) is 30.3 Å². The molecule has 0 saturated heterocycles. The monoisotopic (exact) mass is 425 g/mol. The highest BCUT2D eigenvalue weighted by atomic mass is 32.2. The number of rotatable bonds is 7. The Hall–Kier alpha value is -3.77. The molecule has 1 amide bonds. The molecule has 6 heteroatoms. The highest BCUT2D eigenvalue weighted by Gasteiger charge is 2.14. The van der Waals surface area contributed by atoms with Crippen LogP contribution in [0.5, 0.6) is 0 Å². The van der Waals surface area contributed by atoms with Crippen molar-refractivity contribution in [2.24, 2.45) is 0 Å². The van der Waals surface area contributed by atoms with Crippen molar-refractivity contribution in [2.75, 3.05) is 5.32 Å². The highest BCUT2D eigenvalue weighted by Crippen LogP contribution is 2.25. The number of amides is 1. The lowest BCUT2D eigenvalue weighted by molar-refractivity contribution is 0.102. The van der Waals surface area contributed by atoms with Gasteiger partial charge in [-0.25, -0.2) is 4.98 Å². The summed E-state index contributed by atoms with van der Waals surface area (Å²) in [5, 5.41) is 3.55. The Bertz CT molecular complexity index is 1180. The molecular weight excluding hydrogens is 406 g/mol. The van der Waals surface area contributed by atoms with Gasteiger partial charge in [0.25, 0.3) is 5.91 Å². The molecule has 4 aromatic rings. The van der Waals surface area contributed by atoms with Crippen LogP contribution in [0.2, 0.25) is 0 Å². The molecule has 2 heterocycles. The first-order chi connectivity index (χ1) is 15.2. The third-order valence-corrected chi connectivity index (χ3v) is 5.66. The maximum Gasteiger partial charge on any atom is 0.258 e. The van der Waals surface area contributed by atoms with E-state index in [-0.39, 0.29) is 11.7 Å². The summed E-state index contributed by atoms with van der Waals surface area (Å²) in [6, 6.07) is 23.4. The summed E-state index contributed by atoms with van der Waals surface area (Å²) in [6.07, 6.45) is 5.16. The number of pyridine rings is 2. The lowest BCUT2D eigenvalue weighted by atomic mass is 10.0. The molecule has 2 aromatic carbocycles. The first-order valence-electron chi connectivity index (χ1n) is 9.68. The first-order valence-corrected chi connectivity index (χ1v) is 10.7. The van der Waals surface area contributed by atoms with Gasteiger partial charge in [-0.1, -0.05) is 30.3 Å². The number of nitrogens with one attached hydrogen (secondary N) is 1. The Morgan fingerprint density at radius 3 is 2.23 bits per heavy atom. The van der Waals surface area contributed by atoms with Crippen LogP contribution in [0.25, 0.3) is 0 Å². The molecule has 0 atom stereocenters. The molecule has 2 aromatic heterocycles. The van der Waals surface area contributed by atoms with E-state index >= 15 is 0 Å². The molecule has 152 valence electrons. The number of anilines is 1. The number of carbonyl (C=O) groups excluding carboxylic acids is 2. The van der Waals surface area contributed by atoms with E-state index in [2.05, 4.69) is 15.3 Å². The standard InChI is InChI=1S/C25H19N3O2S/c29-23(19-5-2-1-3-6-19)20-8-10-21(11-9-20)28-24(30)22-7-4-14-27-25(22)31-17-18-12-15-26-16-13-18/h1-16H,17H2,(H,28,30). The summed E-state index contributed by atoms with van der Waals surface area (Å²) in [5.74, 6) is 0.392. The molecule has 4 rings (SSSR count). The second-order valence-corrected chi connectivity index (χ2v) is 7.69. The van der Waals surface area contributed by atoms with Gasteiger partial charge in [0.05, 0.1) is 5.56 Å². The molecule has 0 bridgehead atoms. The number of ketones is 1. The maximum atomic E-state index is 12.8. The van der Waals surface area contributed by atoms with Crippen molar-refractivity contribution in [1.29, 1.82) is 0 Å². The van der Waals surface area contributed by atoms with E-state index in [1.54, 1.807) is 67.1 Å². The minimum atomic E-state index is -0.243. The smallest absolute Gasteiger partial charge is 0.258 e. The molecule has 0 aliphatic carbocycles. The van der Waals surface area contributed by atoms with Gasteiger partial charge in [0, 0.05) is 41.2 Å². The number of hydrogen-bond acceptors (Lipinski definition) is 5. The second-order valence-electron chi connectivity index (χ2n) is 6.73. The highest BCUT2D eigenvalue weighted by molar-refractivity contribution is 7.98. The average Bonchev–Trinajstić information content (AvgIpc) is 2.84. The van der Waals surface area contributed by atoms with Gasteiger partial charge in [-0.15, -0.1) is 11.8 Å². The summed E-state index contributed by atoms with van der Waals surface area (Å²) in [4.78, 5) is 33.8.